The summed E-state index contributed by atoms with van der Waals surface area (Å²) in [6.45, 7) is 1.37. The minimum Gasteiger partial charge on any atom is -0.390 e. The number of benzene rings is 1. The van der Waals surface area contributed by atoms with Crippen LogP contribution in [0, 0.1) is 17.2 Å². The molecule has 1 saturated carbocycles. The van der Waals surface area contributed by atoms with Gasteiger partial charge in [0.05, 0.1) is 17.2 Å². The topological polar surface area (TPSA) is 90.3 Å². The molecule has 1 aromatic rings. The first-order valence-electron chi connectivity index (χ1n) is 8.29. The van der Waals surface area contributed by atoms with Crippen LogP contribution in [0.2, 0.25) is 0 Å². The Balaban J connectivity index is 1.81. The Hall–Kier alpha value is -1.90. The highest BCUT2D eigenvalue weighted by molar-refractivity contribution is 5.81. The highest BCUT2D eigenvalue weighted by Gasteiger charge is 2.44. The number of fused-ring (bicyclic) bond motifs is 1. The predicted molar refractivity (Wildman–Crippen MR) is 86.2 cm³/mol. The zero-order chi connectivity index (χ0) is 16.4. The molecule has 3 rings (SSSR count). The molecule has 0 aromatic heterocycles. The molecule has 0 unspecified atom stereocenters. The fraction of sp³-hybridized carbons (Fsp3) is 0.556. The molecule has 1 amide bonds. The Morgan fingerprint density at radius 3 is 2.74 bits per heavy atom. The van der Waals surface area contributed by atoms with E-state index in [1.165, 1.54) is 0 Å². The van der Waals surface area contributed by atoms with Crippen LogP contribution in [0.3, 0.4) is 0 Å². The summed E-state index contributed by atoms with van der Waals surface area (Å²) in [5.41, 5.74) is 6.48. The predicted octanol–water partition coefficient (Wildman–Crippen LogP) is 1.71. The molecule has 2 aliphatic rings. The fourth-order valence-corrected chi connectivity index (χ4v) is 4.13. The summed E-state index contributed by atoms with van der Waals surface area (Å²) in [7, 11) is 0. The van der Waals surface area contributed by atoms with Gasteiger partial charge in [-0.1, -0.05) is 25.0 Å². The zero-order valence-electron chi connectivity index (χ0n) is 13.2. The molecule has 0 spiro atoms. The number of nitrogens with two attached hydrogens (primary N) is 1. The van der Waals surface area contributed by atoms with Crippen molar-refractivity contribution in [2.24, 2.45) is 11.7 Å². The standard InChI is InChI=1S/C18H23N3O2/c19-11-13-4-6-14(7-5-13)16(17(20)22)21-10-9-18(23)8-2-1-3-15(18)12-21/h4-7,15-16,23H,1-3,8-10,12H2,(H2,20,22)/t15-,16+,18+/m0/s1. The van der Waals surface area contributed by atoms with Gasteiger partial charge in [-0.15, -0.1) is 0 Å². The monoisotopic (exact) mass is 313 g/mol. The van der Waals surface area contributed by atoms with Crippen LogP contribution < -0.4 is 5.73 Å². The number of primary amides is 1. The van der Waals surface area contributed by atoms with E-state index in [1.807, 2.05) is 0 Å². The van der Waals surface area contributed by atoms with E-state index in [0.29, 0.717) is 25.1 Å². The maximum Gasteiger partial charge on any atom is 0.239 e. The summed E-state index contributed by atoms with van der Waals surface area (Å²) in [6.07, 6.45) is 4.79. The van der Waals surface area contributed by atoms with Gasteiger partial charge in [-0.2, -0.15) is 5.26 Å². The van der Waals surface area contributed by atoms with Gasteiger partial charge in [-0.25, -0.2) is 0 Å². The highest BCUT2D eigenvalue weighted by atomic mass is 16.3. The number of hydrogen-bond acceptors (Lipinski definition) is 4. The highest BCUT2D eigenvalue weighted by Crippen LogP contribution is 2.41. The molecule has 23 heavy (non-hydrogen) atoms. The van der Waals surface area contributed by atoms with E-state index in [2.05, 4.69) is 11.0 Å². The molecule has 122 valence electrons. The van der Waals surface area contributed by atoms with Crippen LogP contribution in [-0.4, -0.2) is 34.6 Å². The molecule has 0 bridgehead atoms. The van der Waals surface area contributed by atoms with E-state index in [4.69, 9.17) is 11.0 Å². The van der Waals surface area contributed by atoms with E-state index in [9.17, 15) is 9.90 Å². The lowest BCUT2D eigenvalue weighted by Gasteiger charge is -2.49. The van der Waals surface area contributed by atoms with Crippen LogP contribution in [0.4, 0.5) is 0 Å². The summed E-state index contributed by atoms with van der Waals surface area (Å²) >= 11 is 0. The van der Waals surface area contributed by atoms with Crippen molar-refractivity contribution in [3.8, 4) is 6.07 Å². The molecule has 1 aliphatic carbocycles. The third kappa shape index (κ3) is 3.10. The van der Waals surface area contributed by atoms with Crippen molar-refractivity contribution in [2.45, 2.75) is 43.7 Å². The fourth-order valence-electron chi connectivity index (χ4n) is 4.13. The minimum atomic E-state index is -0.568. The maximum atomic E-state index is 12.0. The number of carbonyl (C=O) groups is 1. The zero-order valence-corrected chi connectivity index (χ0v) is 13.2. The maximum absolute atomic E-state index is 12.0. The minimum absolute atomic E-state index is 0.213. The third-order valence-electron chi connectivity index (χ3n) is 5.45. The van der Waals surface area contributed by atoms with E-state index in [0.717, 1.165) is 31.2 Å². The van der Waals surface area contributed by atoms with Crippen molar-refractivity contribution in [1.29, 1.82) is 5.26 Å². The Labute approximate surface area is 136 Å². The number of amides is 1. The quantitative estimate of drug-likeness (QED) is 0.889. The Kier molecular flexibility index (Phi) is 4.38. The average Bonchev–Trinajstić information content (AvgIpc) is 2.55. The van der Waals surface area contributed by atoms with Crippen molar-refractivity contribution in [3.05, 3.63) is 35.4 Å². The molecule has 5 heteroatoms. The van der Waals surface area contributed by atoms with Gasteiger partial charge in [0.15, 0.2) is 0 Å². The summed E-state index contributed by atoms with van der Waals surface area (Å²) in [4.78, 5) is 14.1. The van der Waals surface area contributed by atoms with Gasteiger partial charge in [0, 0.05) is 19.0 Å². The lowest BCUT2D eigenvalue weighted by Crippen LogP contribution is -2.55. The average molecular weight is 313 g/mol. The third-order valence-corrected chi connectivity index (χ3v) is 5.45. The van der Waals surface area contributed by atoms with Crippen LogP contribution in [0.25, 0.3) is 0 Å². The largest absolute Gasteiger partial charge is 0.390 e. The number of likely N-dealkylation sites (tertiary alicyclic amines) is 1. The molecule has 1 aliphatic heterocycles. The Bertz CT molecular complexity index is 622. The van der Waals surface area contributed by atoms with Crippen LogP contribution >= 0.6 is 0 Å². The first-order chi connectivity index (χ1) is 11.0. The molecule has 1 heterocycles. The van der Waals surface area contributed by atoms with Crippen molar-refractivity contribution >= 4 is 5.91 Å². The van der Waals surface area contributed by atoms with Crippen LogP contribution in [-0.2, 0) is 4.79 Å². The molecule has 3 N–H and O–H groups in total. The van der Waals surface area contributed by atoms with Crippen molar-refractivity contribution in [2.75, 3.05) is 13.1 Å². The molecule has 1 aromatic carbocycles. The van der Waals surface area contributed by atoms with Crippen LogP contribution in [0.5, 0.6) is 0 Å². The summed E-state index contributed by atoms with van der Waals surface area (Å²) in [5, 5.41) is 19.7. The molecule has 5 nitrogen and oxygen atoms in total. The number of carbonyl (C=O) groups excluding carboxylic acids is 1. The summed E-state index contributed by atoms with van der Waals surface area (Å²) < 4.78 is 0. The van der Waals surface area contributed by atoms with Crippen LogP contribution in [0.1, 0.15) is 49.3 Å². The van der Waals surface area contributed by atoms with Gasteiger partial charge in [0.1, 0.15) is 6.04 Å². The van der Waals surface area contributed by atoms with E-state index in [-0.39, 0.29) is 11.8 Å². The first-order valence-corrected chi connectivity index (χ1v) is 8.29. The second kappa shape index (κ2) is 6.31. The van der Waals surface area contributed by atoms with Gasteiger partial charge in [0.25, 0.3) is 0 Å². The Morgan fingerprint density at radius 1 is 1.35 bits per heavy atom. The molecule has 0 radical (unpaired) electrons. The number of rotatable bonds is 3. The number of piperidine rings is 1. The van der Waals surface area contributed by atoms with Gasteiger partial charge in [-0.05, 0) is 37.0 Å². The molecule has 2 fully saturated rings. The second-order valence-electron chi connectivity index (χ2n) is 6.83. The molecule has 3 atom stereocenters. The first kappa shape index (κ1) is 16.0. The van der Waals surface area contributed by atoms with Crippen molar-refractivity contribution < 1.29 is 9.90 Å². The number of aliphatic hydroxyl groups is 1. The lowest BCUT2D eigenvalue weighted by atomic mass is 9.71. The van der Waals surface area contributed by atoms with E-state index < -0.39 is 11.6 Å². The Morgan fingerprint density at radius 2 is 2.09 bits per heavy atom. The van der Waals surface area contributed by atoms with E-state index in [1.54, 1.807) is 24.3 Å². The number of nitrogens with zero attached hydrogens (tertiary/aromatic N) is 2. The van der Waals surface area contributed by atoms with Gasteiger partial charge in [-0.3, -0.25) is 9.69 Å². The number of nitriles is 1. The smallest absolute Gasteiger partial charge is 0.239 e. The molecular weight excluding hydrogens is 290 g/mol. The van der Waals surface area contributed by atoms with Crippen molar-refractivity contribution in [3.63, 3.8) is 0 Å². The lowest BCUT2D eigenvalue weighted by molar-refractivity contribution is -0.132. The van der Waals surface area contributed by atoms with Gasteiger partial charge >= 0.3 is 0 Å². The summed E-state index contributed by atoms with van der Waals surface area (Å²) in [6, 6.07) is 8.62. The van der Waals surface area contributed by atoms with Crippen LogP contribution in [0.15, 0.2) is 24.3 Å². The molecule has 1 saturated heterocycles. The van der Waals surface area contributed by atoms with Crippen molar-refractivity contribution in [1.82, 2.24) is 4.90 Å². The molecular formula is C18H23N3O2. The summed E-state index contributed by atoms with van der Waals surface area (Å²) in [5.74, 6) is -0.166. The van der Waals surface area contributed by atoms with Gasteiger partial charge in [0.2, 0.25) is 5.91 Å². The SMILES string of the molecule is N#Cc1ccc([C@H](C(N)=O)N2CC[C@]3(O)CCCC[C@H]3C2)cc1. The second-order valence-corrected chi connectivity index (χ2v) is 6.83. The van der Waals surface area contributed by atoms with E-state index >= 15 is 0 Å². The normalized spacial score (nSPS) is 29.3. The number of hydrogen-bond donors (Lipinski definition) is 2. The van der Waals surface area contributed by atoms with Gasteiger partial charge < -0.3 is 10.8 Å².